The molecule has 1 fully saturated rings. The highest BCUT2D eigenvalue weighted by atomic mass is 19.4. The molecule has 0 radical (unpaired) electrons. The first-order valence-electron chi connectivity index (χ1n) is 8.66. The molecular weight excluding hydrogens is 362 g/mol. The van der Waals surface area contributed by atoms with E-state index in [2.05, 4.69) is 0 Å². The topological polar surface area (TPSA) is 40.5 Å². The fraction of sp³-hybridized carbons (Fsp3) is 0.350. The zero-order valence-corrected chi connectivity index (χ0v) is 14.4. The van der Waals surface area contributed by atoms with Crippen LogP contribution in [-0.2, 0) is 11.0 Å². The molecule has 1 atom stereocenters. The lowest BCUT2D eigenvalue weighted by Crippen LogP contribution is -2.39. The standard InChI is InChI=1S/C20H19F4NO2/c21-15-7-5-13(6-8-15)18(25-11-9-14(10-12-25)19(26)27)16-3-1-2-4-17(16)20(22,23)24/h1-8,14,18H,9-12H2,(H,26,27). The van der Waals surface area contributed by atoms with Crippen molar-refractivity contribution >= 4 is 5.97 Å². The Kier molecular flexibility index (Phi) is 5.51. The van der Waals surface area contributed by atoms with Crippen molar-refractivity contribution < 1.29 is 27.5 Å². The van der Waals surface area contributed by atoms with Crippen LogP contribution in [0.5, 0.6) is 0 Å². The lowest BCUT2D eigenvalue weighted by molar-refractivity contribution is -0.143. The molecule has 27 heavy (non-hydrogen) atoms. The summed E-state index contributed by atoms with van der Waals surface area (Å²) in [4.78, 5) is 13.0. The highest BCUT2D eigenvalue weighted by Crippen LogP contribution is 2.40. The number of aliphatic carboxylic acids is 1. The van der Waals surface area contributed by atoms with Gasteiger partial charge in [-0.2, -0.15) is 13.2 Å². The molecule has 0 amide bonds. The van der Waals surface area contributed by atoms with Gasteiger partial charge in [-0.05, 0) is 55.3 Å². The van der Waals surface area contributed by atoms with Gasteiger partial charge in [-0.3, -0.25) is 9.69 Å². The van der Waals surface area contributed by atoms with Crippen molar-refractivity contribution in [3.63, 3.8) is 0 Å². The quantitative estimate of drug-likeness (QED) is 0.779. The highest BCUT2D eigenvalue weighted by Gasteiger charge is 2.38. The average Bonchev–Trinajstić information content (AvgIpc) is 2.63. The van der Waals surface area contributed by atoms with E-state index in [4.69, 9.17) is 5.11 Å². The Morgan fingerprint density at radius 2 is 1.63 bits per heavy atom. The number of rotatable bonds is 4. The van der Waals surface area contributed by atoms with Crippen molar-refractivity contribution in [2.75, 3.05) is 13.1 Å². The molecule has 3 rings (SSSR count). The summed E-state index contributed by atoms with van der Waals surface area (Å²) < 4.78 is 54.0. The van der Waals surface area contributed by atoms with Crippen molar-refractivity contribution in [1.82, 2.24) is 4.90 Å². The number of benzene rings is 2. The Bertz CT molecular complexity index is 796. The lowest BCUT2D eigenvalue weighted by atomic mass is 9.89. The Balaban J connectivity index is 2.02. The van der Waals surface area contributed by atoms with E-state index in [9.17, 15) is 22.4 Å². The zero-order valence-electron chi connectivity index (χ0n) is 14.4. The number of hydrogen-bond donors (Lipinski definition) is 1. The molecular formula is C20H19F4NO2. The number of alkyl halides is 3. The van der Waals surface area contributed by atoms with Gasteiger partial charge in [0.25, 0.3) is 0 Å². The summed E-state index contributed by atoms with van der Waals surface area (Å²) in [6.07, 6.45) is -3.79. The first-order valence-corrected chi connectivity index (χ1v) is 8.66. The van der Waals surface area contributed by atoms with E-state index in [0.29, 0.717) is 31.5 Å². The molecule has 144 valence electrons. The summed E-state index contributed by atoms with van der Waals surface area (Å²) in [5, 5.41) is 9.17. The van der Waals surface area contributed by atoms with Crippen LogP contribution in [0.25, 0.3) is 0 Å². The van der Waals surface area contributed by atoms with Crippen LogP contribution in [0.15, 0.2) is 48.5 Å². The maximum Gasteiger partial charge on any atom is 0.416 e. The molecule has 7 heteroatoms. The molecule has 1 N–H and O–H groups in total. The third kappa shape index (κ3) is 4.30. The molecule has 1 unspecified atom stereocenters. The van der Waals surface area contributed by atoms with Crippen LogP contribution in [0, 0.1) is 11.7 Å². The predicted octanol–water partition coefficient (Wildman–Crippen LogP) is 4.73. The van der Waals surface area contributed by atoms with Gasteiger partial charge in [-0.15, -0.1) is 0 Å². The maximum atomic E-state index is 13.6. The second kappa shape index (κ2) is 7.68. The van der Waals surface area contributed by atoms with Crippen LogP contribution in [0.3, 0.4) is 0 Å². The van der Waals surface area contributed by atoms with Gasteiger partial charge in [-0.1, -0.05) is 30.3 Å². The fourth-order valence-corrected chi connectivity index (χ4v) is 3.63. The number of carboxylic acid groups (broad SMARTS) is 1. The third-order valence-corrected chi connectivity index (χ3v) is 4.99. The highest BCUT2D eigenvalue weighted by molar-refractivity contribution is 5.70. The first-order chi connectivity index (χ1) is 12.8. The Morgan fingerprint density at radius 1 is 1.04 bits per heavy atom. The van der Waals surface area contributed by atoms with E-state index in [1.165, 1.54) is 36.4 Å². The van der Waals surface area contributed by atoms with E-state index in [0.717, 1.165) is 6.07 Å². The summed E-state index contributed by atoms with van der Waals surface area (Å²) in [6, 6.07) is 10.0. The average molecular weight is 381 g/mol. The minimum atomic E-state index is -4.52. The molecule has 0 spiro atoms. The van der Waals surface area contributed by atoms with E-state index < -0.39 is 35.5 Å². The largest absolute Gasteiger partial charge is 0.481 e. The minimum absolute atomic E-state index is 0.0883. The molecule has 1 heterocycles. The summed E-state index contributed by atoms with van der Waals surface area (Å²) in [5.41, 5.74) is -0.105. The van der Waals surface area contributed by atoms with Gasteiger partial charge in [0.05, 0.1) is 17.5 Å². The van der Waals surface area contributed by atoms with E-state index in [-0.39, 0.29) is 5.56 Å². The monoisotopic (exact) mass is 381 g/mol. The van der Waals surface area contributed by atoms with Crippen molar-refractivity contribution in [2.45, 2.75) is 25.1 Å². The SMILES string of the molecule is O=C(O)C1CCN(C(c2ccc(F)cc2)c2ccccc2C(F)(F)F)CC1. The van der Waals surface area contributed by atoms with Crippen molar-refractivity contribution in [3.05, 3.63) is 71.0 Å². The summed E-state index contributed by atoms with van der Waals surface area (Å²) in [7, 11) is 0. The van der Waals surface area contributed by atoms with Gasteiger partial charge in [0.15, 0.2) is 0 Å². The number of hydrogen-bond acceptors (Lipinski definition) is 2. The normalized spacial score (nSPS) is 17.6. The van der Waals surface area contributed by atoms with Crippen molar-refractivity contribution in [3.8, 4) is 0 Å². The molecule has 0 aliphatic carbocycles. The van der Waals surface area contributed by atoms with Crippen LogP contribution < -0.4 is 0 Å². The van der Waals surface area contributed by atoms with Gasteiger partial charge < -0.3 is 5.11 Å². The van der Waals surface area contributed by atoms with E-state index >= 15 is 0 Å². The number of nitrogens with zero attached hydrogens (tertiary/aromatic N) is 1. The molecule has 1 saturated heterocycles. The van der Waals surface area contributed by atoms with Gasteiger partial charge in [0, 0.05) is 0 Å². The van der Waals surface area contributed by atoms with Crippen molar-refractivity contribution in [1.29, 1.82) is 0 Å². The molecule has 1 aliphatic heterocycles. The second-order valence-electron chi connectivity index (χ2n) is 6.69. The summed E-state index contributed by atoms with van der Waals surface area (Å²) in [5.74, 6) is -1.84. The Labute approximate surface area is 154 Å². The Hall–Kier alpha value is -2.41. The van der Waals surface area contributed by atoms with Gasteiger partial charge >= 0.3 is 12.1 Å². The van der Waals surface area contributed by atoms with Crippen LogP contribution in [0.1, 0.15) is 35.6 Å². The molecule has 0 bridgehead atoms. The zero-order chi connectivity index (χ0) is 19.6. The smallest absolute Gasteiger partial charge is 0.416 e. The second-order valence-corrected chi connectivity index (χ2v) is 6.69. The van der Waals surface area contributed by atoms with Crippen molar-refractivity contribution in [2.24, 2.45) is 5.92 Å². The molecule has 1 aliphatic rings. The number of halogens is 4. The lowest BCUT2D eigenvalue weighted by Gasteiger charge is -2.38. The number of carboxylic acids is 1. The minimum Gasteiger partial charge on any atom is -0.481 e. The third-order valence-electron chi connectivity index (χ3n) is 4.99. The number of piperidine rings is 1. The Morgan fingerprint density at radius 3 is 2.19 bits per heavy atom. The molecule has 0 saturated carbocycles. The summed E-state index contributed by atoms with van der Waals surface area (Å²) >= 11 is 0. The van der Waals surface area contributed by atoms with E-state index in [1.807, 2.05) is 4.90 Å². The molecule has 2 aromatic rings. The molecule has 2 aromatic carbocycles. The van der Waals surface area contributed by atoms with E-state index in [1.54, 1.807) is 6.07 Å². The van der Waals surface area contributed by atoms with Gasteiger partial charge in [0.2, 0.25) is 0 Å². The first kappa shape index (κ1) is 19.4. The summed E-state index contributed by atoms with van der Waals surface area (Å²) in [6.45, 7) is 0.705. The van der Waals surface area contributed by atoms with Gasteiger partial charge in [0.1, 0.15) is 5.82 Å². The maximum absolute atomic E-state index is 13.6. The molecule has 3 nitrogen and oxygen atoms in total. The van der Waals surface area contributed by atoms with Crippen LogP contribution >= 0.6 is 0 Å². The van der Waals surface area contributed by atoms with Crippen LogP contribution in [0.4, 0.5) is 17.6 Å². The fourth-order valence-electron chi connectivity index (χ4n) is 3.63. The van der Waals surface area contributed by atoms with Crippen LogP contribution in [0.2, 0.25) is 0 Å². The number of likely N-dealkylation sites (tertiary alicyclic amines) is 1. The number of carbonyl (C=O) groups is 1. The molecule has 0 aromatic heterocycles. The predicted molar refractivity (Wildman–Crippen MR) is 91.6 cm³/mol. The van der Waals surface area contributed by atoms with Crippen LogP contribution in [-0.4, -0.2) is 29.1 Å². The van der Waals surface area contributed by atoms with Gasteiger partial charge in [-0.25, -0.2) is 4.39 Å².